The van der Waals surface area contributed by atoms with E-state index in [0.29, 0.717) is 17.7 Å². The first-order valence-electron chi connectivity index (χ1n) is 7.87. The van der Waals surface area contributed by atoms with E-state index in [1.165, 1.54) is 18.3 Å². The Bertz CT molecular complexity index is 994. The largest absolute Gasteiger partial charge is 0.477 e. The van der Waals surface area contributed by atoms with Gasteiger partial charge in [-0.2, -0.15) is 8.42 Å². The van der Waals surface area contributed by atoms with Gasteiger partial charge >= 0.3 is 10.1 Å². The van der Waals surface area contributed by atoms with E-state index in [1.807, 2.05) is 0 Å². The molecule has 1 aliphatic rings. The van der Waals surface area contributed by atoms with Gasteiger partial charge in [-0.25, -0.2) is 14.4 Å². The molecule has 0 saturated heterocycles. The molecule has 0 bridgehead atoms. The Labute approximate surface area is 155 Å². The van der Waals surface area contributed by atoms with Crippen LogP contribution in [0.5, 0.6) is 0 Å². The monoisotopic (exact) mass is 393 g/mol. The lowest BCUT2D eigenvalue weighted by Crippen LogP contribution is -2.30. The lowest BCUT2D eigenvalue weighted by Gasteiger charge is -2.21. The van der Waals surface area contributed by atoms with Gasteiger partial charge in [0.25, 0.3) is 5.16 Å². The molecular weight excluding hydrogens is 377 g/mol. The molecule has 0 amide bonds. The highest BCUT2D eigenvalue weighted by atomic mass is 32.2. The van der Waals surface area contributed by atoms with Crippen LogP contribution < -0.4 is 0 Å². The molecule has 27 heavy (non-hydrogen) atoms. The second kappa shape index (κ2) is 7.45. The van der Waals surface area contributed by atoms with Crippen LogP contribution in [0.2, 0.25) is 0 Å². The summed E-state index contributed by atoms with van der Waals surface area (Å²) in [4.78, 5) is 7.64. The zero-order valence-electron chi connectivity index (χ0n) is 14.5. The highest BCUT2D eigenvalue weighted by Crippen LogP contribution is 2.32. The van der Waals surface area contributed by atoms with Gasteiger partial charge in [-0.3, -0.25) is 4.18 Å². The molecule has 0 radical (unpaired) electrons. The average Bonchev–Trinajstić information content (AvgIpc) is 3.04. The molecule has 142 valence electrons. The summed E-state index contributed by atoms with van der Waals surface area (Å²) >= 11 is 0. The number of halogens is 1. The van der Waals surface area contributed by atoms with E-state index in [9.17, 15) is 12.8 Å². The van der Waals surface area contributed by atoms with Crippen LogP contribution in [-0.4, -0.2) is 38.0 Å². The Morgan fingerprint density at radius 1 is 1.19 bits per heavy atom. The highest BCUT2D eigenvalue weighted by Gasteiger charge is 2.38. The van der Waals surface area contributed by atoms with Crippen LogP contribution in [0.25, 0.3) is 0 Å². The topological polar surface area (TPSA) is 115 Å². The summed E-state index contributed by atoms with van der Waals surface area (Å²) in [5.74, 6) is -0.102. The van der Waals surface area contributed by atoms with Gasteiger partial charge in [0.15, 0.2) is 5.54 Å². The number of rotatable bonds is 6. The van der Waals surface area contributed by atoms with Crippen LogP contribution in [0, 0.1) is 5.82 Å². The van der Waals surface area contributed by atoms with E-state index < -0.39 is 20.8 Å². The maximum absolute atomic E-state index is 13.1. The minimum absolute atomic E-state index is 0.157. The Morgan fingerprint density at radius 2 is 1.93 bits per heavy atom. The molecule has 0 N–H and O–H groups in total. The summed E-state index contributed by atoms with van der Waals surface area (Å²) in [5.41, 5.74) is 0.181. The second-order valence-corrected chi connectivity index (χ2v) is 7.33. The predicted molar refractivity (Wildman–Crippen MR) is 91.9 cm³/mol. The van der Waals surface area contributed by atoms with Crippen molar-refractivity contribution in [1.82, 2.24) is 9.97 Å². The fourth-order valence-corrected chi connectivity index (χ4v) is 2.95. The van der Waals surface area contributed by atoms with Crippen molar-refractivity contribution >= 4 is 16.0 Å². The van der Waals surface area contributed by atoms with E-state index in [2.05, 4.69) is 29.6 Å². The first kappa shape index (κ1) is 19.0. The molecule has 0 fully saturated rings. The minimum Gasteiger partial charge on any atom is -0.477 e. The van der Waals surface area contributed by atoms with Crippen molar-refractivity contribution in [2.75, 3.05) is 13.7 Å². The molecule has 1 aromatic heterocycles. The minimum atomic E-state index is -3.97. The summed E-state index contributed by atoms with van der Waals surface area (Å²) in [6.07, 6.45) is 1.63. The normalized spacial score (nSPS) is 19.1. The fourth-order valence-electron chi connectivity index (χ4n) is 2.38. The van der Waals surface area contributed by atoms with Gasteiger partial charge in [0.1, 0.15) is 5.82 Å². The average molecular weight is 393 g/mol. The van der Waals surface area contributed by atoms with Crippen LogP contribution in [0.3, 0.4) is 0 Å². The third kappa shape index (κ3) is 3.98. The lowest BCUT2D eigenvalue weighted by molar-refractivity contribution is 0.280. The van der Waals surface area contributed by atoms with Crippen molar-refractivity contribution in [3.63, 3.8) is 0 Å². The highest BCUT2D eigenvalue weighted by molar-refractivity contribution is 7.86. The summed E-state index contributed by atoms with van der Waals surface area (Å²) in [7, 11) is -2.93. The van der Waals surface area contributed by atoms with Crippen molar-refractivity contribution in [2.24, 2.45) is 15.4 Å². The maximum Gasteiger partial charge on any atom is 0.332 e. The van der Waals surface area contributed by atoms with Crippen molar-refractivity contribution in [1.29, 1.82) is 0 Å². The Morgan fingerprint density at radius 3 is 2.63 bits per heavy atom. The van der Waals surface area contributed by atoms with E-state index in [-0.39, 0.29) is 18.3 Å². The van der Waals surface area contributed by atoms with E-state index in [1.54, 1.807) is 25.1 Å². The summed E-state index contributed by atoms with van der Waals surface area (Å²) in [6.45, 7) is 1.91. The molecule has 0 aliphatic carbocycles. The standard InChI is InChI=1S/C16H16FN5O4S/c1-16(11-3-5-12(17)6-4-11)14(20-22-21-16)26-10-8-13-7-9-18-15(19-13)27(23,24)25-2/h3-7,9H,8,10H2,1-2H3. The number of ether oxygens (including phenoxy) is 1. The van der Waals surface area contributed by atoms with Crippen molar-refractivity contribution in [2.45, 2.75) is 24.0 Å². The van der Waals surface area contributed by atoms with Crippen molar-refractivity contribution < 1.29 is 21.7 Å². The predicted octanol–water partition coefficient (Wildman–Crippen LogP) is 2.20. The second-order valence-electron chi connectivity index (χ2n) is 5.72. The molecule has 11 heteroatoms. The van der Waals surface area contributed by atoms with E-state index >= 15 is 0 Å². The summed E-state index contributed by atoms with van der Waals surface area (Å²) < 4.78 is 46.5. The SMILES string of the molecule is COS(=O)(=O)c1nccc(CCOC2=NN=NC2(C)c2ccc(F)cc2)n1. The molecule has 1 aromatic carbocycles. The van der Waals surface area contributed by atoms with Crippen molar-refractivity contribution in [3.8, 4) is 0 Å². The quantitative estimate of drug-likeness (QED) is 0.549. The smallest absolute Gasteiger partial charge is 0.332 e. The Hall–Kier alpha value is -2.79. The van der Waals surface area contributed by atoms with Gasteiger partial charge in [-0.1, -0.05) is 17.2 Å². The van der Waals surface area contributed by atoms with Gasteiger partial charge in [0.05, 0.1) is 13.7 Å². The number of hydrogen-bond donors (Lipinski definition) is 0. The van der Waals surface area contributed by atoms with E-state index in [4.69, 9.17) is 4.74 Å². The number of hydrogen-bond acceptors (Lipinski definition) is 9. The molecule has 0 spiro atoms. The van der Waals surface area contributed by atoms with Crippen molar-refractivity contribution in [3.05, 3.63) is 53.6 Å². The van der Waals surface area contributed by atoms with Crippen LogP contribution in [0.4, 0.5) is 4.39 Å². The fraction of sp³-hybridized carbons (Fsp3) is 0.312. The third-order valence-corrected chi connectivity index (χ3v) is 5.02. The van der Waals surface area contributed by atoms with Gasteiger partial charge in [0.2, 0.25) is 5.90 Å². The number of benzene rings is 1. The zero-order valence-corrected chi connectivity index (χ0v) is 15.4. The van der Waals surface area contributed by atoms with Crippen LogP contribution in [-0.2, 0) is 31.0 Å². The van der Waals surface area contributed by atoms with Gasteiger partial charge in [-0.15, -0.1) is 5.11 Å². The van der Waals surface area contributed by atoms with Crippen LogP contribution >= 0.6 is 0 Å². The summed E-state index contributed by atoms with van der Waals surface area (Å²) in [6, 6.07) is 7.40. The lowest BCUT2D eigenvalue weighted by atomic mass is 9.93. The van der Waals surface area contributed by atoms with Crippen LogP contribution in [0.1, 0.15) is 18.2 Å². The molecule has 1 atom stereocenters. The molecule has 2 aromatic rings. The zero-order chi connectivity index (χ0) is 19.5. The Kier molecular flexibility index (Phi) is 5.24. The first-order valence-corrected chi connectivity index (χ1v) is 9.28. The molecule has 9 nitrogen and oxygen atoms in total. The number of nitrogens with zero attached hydrogens (tertiary/aromatic N) is 5. The van der Waals surface area contributed by atoms with Gasteiger partial charge in [-0.05, 0) is 35.9 Å². The summed E-state index contributed by atoms with van der Waals surface area (Å²) in [5, 5.41) is 11.2. The molecule has 1 unspecified atom stereocenters. The molecule has 2 heterocycles. The van der Waals surface area contributed by atoms with Gasteiger partial charge in [0, 0.05) is 18.3 Å². The first-order chi connectivity index (χ1) is 12.8. The van der Waals surface area contributed by atoms with Gasteiger partial charge < -0.3 is 4.74 Å². The Balaban J connectivity index is 1.67. The maximum atomic E-state index is 13.1. The molecular formula is C16H16FN5O4S. The molecule has 0 saturated carbocycles. The molecule has 3 rings (SSSR count). The van der Waals surface area contributed by atoms with Crippen LogP contribution in [0.15, 0.2) is 57.1 Å². The van der Waals surface area contributed by atoms with E-state index in [0.717, 1.165) is 7.11 Å². The third-order valence-electron chi connectivity index (χ3n) is 3.93. The molecule has 1 aliphatic heterocycles. The number of aromatic nitrogens is 2.